The normalized spacial score (nSPS) is 13.6. The number of pyridine rings is 1. The number of nitrogens with zero attached hydrogens (tertiary/aromatic N) is 3. The van der Waals surface area contributed by atoms with Gasteiger partial charge >= 0.3 is 0 Å². The third kappa shape index (κ3) is 6.14. The number of aromatic nitrogens is 1. The summed E-state index contributed by atoms with van der Waals surface area (Å²) in [7, 11) is 2.01. The molecule has 5 aromatic rings. The number of aliphatic imine (C=N–C) groups is 1. The highest BCUT2D eigenvalue weighted by molar-refractivity contribution is 5.97. The molecule has 0 aliphatic rings. The Labute approximate surface area is 246 Å². The maximum Gasteiger partial charge on any atom is 0.298 e. The van der Waals surface area contributed by atoms with Crippen molar-refractivity contribution in [3.8, 4) is 11.1 Å². The third-order valence-corrected chi connectivity index (χ3v) is 7.74. The SMILES string of the molecule is Cc1cc(C(N)=NC(c2ccccc2)N(C)C(C)c2ccccc2)ccc1C(F)(F)c1ccc(-c2cccnc2)cc1. The van der Waals surface area contributed by atoms with Crippen molar-refractivity contribution in [1.82, 2.24) is 9.88 Å². The second kappa shape index (κ2) is 12.5. The van der Waals surface area contributed by atoms with Gasteiger partial charge in [0, 0.05) is 35.1 Å². The summed E-state index contributed by atoms with van der Waals surface area (Å²) < 4.78 is 31.4. The molecule has 1 heterocycles. The zero-order valence-corrected chi connectivity index (χ0v) is 24.0. The molecule has 0 bridgehead atoms. The van der Waals surface area contributed by atoms with Gasteiger partial charge in [-0.2, -0.15) is 8.78 Å². The fraction of sp³-hybridized carbons (Fsp3) is 0.167. The summed E-state index contributed by atoms with van der Waals surface area (Å²) in [4.78, 5) is 11.2. The Morgan fingerprint density at radius 2 is 1.45 bits per heavy atom. The first-order valence-electron chi connectivity index (χ1n) is 13.9. The molecule has 0 radical (unpaired) electrons. The van der Waals surface area contributed by atoms with Crippen LogP contribution in [0.2, 0.25) is 0 Å². The average Bonchev–Trinajstić information content (AvgIpc) is 3.04. The van der Waals surface area contributed by atoms with Crippen LogP contribution in [0.25, 0.3) is 11.1 Å². The number of rotatable bonds is 9. The third-order valence-electron chi connectivity index (χ3n) is 7.74. The Morgan fingerprint density at radius 3 is 2.05 bits per heavy atom. The van der Waals surface area contributed by atoms with E-state index in [1.165, 1.54) is 18.2 Å². The predicted octanol–water partition coefficient (Wildman–Crippen LogP) is 8.29. The number of aryl methyl sites for hydroxylation is 1. The van der Waals surface area contributed by atoms with Crippen LogP contribution >= 0.6 is 0 Å². The van der Waals surface area contributed by atoms with Crippen molar-refractivity contribution in [1.29, 1.82) is 0 Å². The number of hydrogen-bond donors (Lipinski definition) is 1. The van der Waals surface area contributed by atoms with E-state index in [1.807, 2.05) is 67.7 Å². The van der Waals surface area contributed by atoms with E-state index in [0.717, 1.165) is 22.3 Å². The molecular weight excluding hydrogens is 526 g/mol. The van der Waals surface area contributed by atoms with Crippen LogP contribution in [-0.2, 0) is 5.92 Å². The van der Waals surface area contributed by atoms with Crippen LogP contribution in [0.1, 0.15) is 52.5 Å². The van der Waals surface area contributed by atoms with Gasteiger partial charge in [-0.15, -0.1) is 0 Å². The highest BCUT2D eigenvalue weighted by atomic mass is 19.3. The number of halogens is 2. The van der Waals surface area contributed by atoms with Gasteiger partial charge in [0.05, 0.1) is 0 Å². The first-order chi connectivity index (χ1) is 20.3. The van der Waals surface area contributed by atoms with Gasteiger partial charge in [-0.1, -0.05) is 103 Å². The number of amidine groups is 1. The monoisotopic (exact) mass is 560 g/mol. The molecule has 0 aliphatic carbocycles. The lowest BCUT2D eigenvalue weighted by Crippen LogP contribution is -2.29. The highest BCUT2D eigenvalue weighted by Gasteiger charge is 2.35. The molecule has 42 heavy (non-hydrogen) atoms. The van der Waals surface area contributed by atoms with E-state index in [9.17, 15) is 0 Å². The maximum atomic E-state index is 15.7. The quantitative estimate of drug-likeness (QED) is 0.146. The van der Waals surface area contributed by atoms with E-state index in [2.05, 4.69) is 28.9 Å². The van der Waals surface area contributed by atoms with Crippen molar-refractivity contribution in [2.45, 2.75) is 32.0 Å². The van der Waals surface area contributed by atoms with Crippen LogP contribution in [0.15, 0.2) is 133 Å². The largest absolute Gasteiger partial charge is 0.383 e. The minimum Gasteiger partial charge on any atom is -0.383 e. The van der Waals surface area contributed by atoms with Crippen LogP contribution in [0.3, 0.4) is 0 Å². The van der Waals surface area contributed by atoms with Gasteiger partial charge in [0.2, 0.25) is 0 Å². The molecule has 0 aliphatic heterocycles. The molecule has 0 amide bonds. The van der Waals surface area contributed by atoms with E-state index < -0.39 is 5.92 Å². The second-order valence-electron chi connectivity index (χ2n) is 10.5. The first-order valence-corrected chi connectivity index (χ1v) is 13.9. The molecular formula is C36H34F2N4. The van der Waals surface area contributed by atoms with Gasteiger partial charge in [0.1, 0.15) is 12.0 Å². The fourth-order valence-corrected chi connectivity index (χ4v) is 5.15. The topological polar surface area (TPSA) is 54.5 Å². The maximum absolute atomic E-state index is 15.7. The van der Waals surface area contributed by atoms with Crippen molar-refractivity contribution < 1.29 is 8.78 Å². The fourth-order valence-electron chi connectivity index (χ4n) is 5.15. The zero-order valence-electron chi connectivity index (χ0n) is 24.0. The number of alkyl halides is 2. The molecule has 5 rings (SSSR count). The second-order valence-corrected chi connectivity index (χ2v) is 10.5. The van der Waals surface area contributed by atoms with Gasteiger partial charge < -0.3 is 5.73 Å². The molecule has 0 saturated heterocycles. The number of nitrogens with two attached hydrogens (primary N) is 1. The summed E-state index contributed by atoms with van der Waals surface area (Å²) in [5.74, 6) is -2.89. The molecule has 0 spiro atoms. The van der Waals surface area contributed by atoms with Crippen LogP contribution in [-0.4, -0.2) is 22.8 Å². The van der Waals surface area contributed by atoms with Gasteiger partial charge in [-0.3, -0.25) is 9.88 Å². The minimum absolute atomic E-state index is 0.0558. The van der Waals surface area contributed by atoms with Crippen molar-refractivity contribution in [3.05, 3.63) is 161 Å². The Balaban J connectivity index is 1.43. The van der Waals surface area contributed by atoms with E-state index in [0.29, 0.717) is 11.1 Å². The Kier molecular flexibility index (Phi) is 8.55. The van der Waals surface area contributed by atoms with Crippen molar-refractivity contribution in [2.24, 2.45) is 10.7 Å². The molecule has 2 N–H and O–H groups in total. The molecule has 0 fully saturated rings. The van der Waals surface area contributed by atoms with Gasteiger partial charge in [-0.25, -0.2) is 4.99 Å². The molecule has 2 atom stereocenters. The Bertz CT molecular complexity index is 1640. The molecule has 6 heteroatoms. The molecule has 2 unspecified atom stereocenters. The lowest BCUT2D eigenvalue weighted by atomic mass is 9.93. The van der Waals surface area contributed by atoms with Crippen LogP contribution in [0.5, 0.6) is 0 Å². The molecule has 212 valence electrons. The van der Waals surface area contributed by atoms with Crippen molar-refractivity contribution >= 4 is 5.84 Å². The van der Waals surface area contributed by atoms with Crippen molar-refractivity contribution in [3.63, 3.8) is 0 Å². The summed E-state index contributed by atoms with van der Waals surface area (Å²) in [6, 6.07) is 35.0. The first kappa shape index (κ1) is 28.8. The van der Waals surface area contributed by atoms with Gasteiger partial charge in [0.25, 0.3) is 5.92 Å². The lowest BCUT2D eigenvalue weighted by Gasteiger charge is -2.31. The van der Waals surface area contributed by atoms with E-state index in [4.69, 9.17) is 10.7 Å². The highest BCUT2D eigenvalue weighted by Crippen LogP contribution is 2.38. The molecule has 1 aromatic heterocycles. The summed E-state index contributed by atoms with van der Waals surface area (Å²) in [5.41, 5.74) is 11.3. The molecule has 4 nitrogen and oxygen atoms in total. The standard InChI is InChI=1S/C36H34F2N4/c1-25-23-30(18-21-33(25)36(37,38)32-19-16-28(17-20-32)31-15-10-22-40-24-31)34(39)41-35(29-13-8-5-9-14-29)42(3)26(2)27-11-6-4-7-12-27/h4-24,26,35H,1-3H3,(H2,39,41). The molecule has 4 aromatic carbocycles. The van der Waals surface area contributed by atoms with E-state index in [-0.39, 0.29) is 29.2 Å². The minimum atomic E-state index is -3.18. The average molecular weight is 561 g/mol. The van der Waals surface area contributed by atoms with Crippen LogP contribution in [0.4, 0.5) is 8.78 Å². The number of benzene rings is 4. The summed E-state index contributed by atoms with van der Waals surface area (Å²) in [6.45, 7) is 3.81. The Hall–Kier alpha value is -4.68. The Morgan fingerprint density at radius 1 is 0.810 bits per heavy atom. The zero-order chi connectivity index (χ0) is 29.7. The van der Waals surface area contributed by atoms with E-state index >= 15 is 8.78 Å². The van der Waals surface area contributed by atoms with Gasteiger partial charge in [-0.05, 0) is 60.8 Å². The summed E-state index contributed by atoms with van der Waals surface area (Å²) in [5, 5.41) is 0. The summed E-state index contributed by atoms with van der Waals surface area (Å²) in [6.07, 6.45) is 3.02. The molecule has 0 saturated carbocycles. The van der Waals surface area contributed by atoms with E-state index in [1.54, 1.807) is 43.6 Å². The summed E-state index contributed by atoms with van der Waals surface area (Å²) >= 11 is 0. The van der Waals surface area contributed by atoms with Crippen LogP contribution in [0, 0.1) is 6.92 Å². The van der Waals surface area contributed by atoms with Crippen LogP contribution < -0.4 is 5.73 Å². The van der Waals surface area contributed by atoms with Gasteiger partial charge in [0.15, 0.2) is 0 Å². The number of hydrogen-bond acceptors (Lipinski definition) is 3. The smallest absolute Gasteiger partial charge is 0.298 e. The van der Waals surface area contributed by atoms with Crippen molar-refractivity contribution in [2.75, 3.05) is 7.05 Å². The lowest BCUT2D eigenvalue weighted by molar-refractivity contribution is 0.0422. The predicted molar refractivity (Wildman–Crippen MR) is 166 cm³/mol.